The van der Waals surface area contributed by atoms with E-state index >= 15 is 0 Å². The first-order valence-corrected chi connectivity index (χ1v) is 12.2. The summed E-state index contributed by atoms with van der Waals surface area (Å²) in [6, 6.07) is 4.73. The SMILES string of the molecule is CC1CN(S(=O)(=O)N2CCN(C(C)C(=O)Nc3ccc4[nH]c(=O)[nH]c4c3)CC2)CC(C)O1. The van der Waals surface area contributed by atoms with Gasteiger partial charge in [0.1, 0.15) is 0 Å². The molecule has 11 nitrogen and oxygen atoms in total. The molecule has 3 atom stereocenters. The van der Waals surface area contributed by atoms with Gasteiger partial charge in [-0.05, 0) is 39.0 Å². The zero-order valence-electron chi connectivity index (χ0n) is 18.5. The van der Waals surface area contributed by atoms with Crippen LogP contribution >= 0.6 is 0 Å². The molecule has 2 aromatic rings. The van der Waals surface area contributed by atoms with Gasteiger partial charge in [-0.15, -0.1) is 0 Å². The van der Waals surface area contributed by atoms with Crippen molar-refractivity contribution in [2.45, 2.75) is 39.0 Å². The number of ether oxygens (including phenoxy) is 1. The summed E-state index contributed by atoms with van der Waals surface area (Å²) in [5, 5.41) is 2.87. The lowest BCUT2D eigenvalue weighted by Crippen LogP contribution is -2.58. The maximum Gasteiger partial charge on any atom is 0.323 e. The van der Waals surface area contributed by atoms with E-state index in [0.29, 0.717) is 56.0 Å². The van der Waals surface area contributed by atoms with Crippen LogP contribution in [0.15, 0.2) is 23.0 Å². The van der Waals surface area contributed by atoms with Crippen LogP contribution in [0.4, 0.5) is 5.69 Å². The van der Waals surface area contributed by atoms with Crippen molar-refractivity contribution in [1.29, 1.82) is 0 Å². The Kier molecular flexibility index (Phi) is 6.41. The summed E-state index contributed by atoms with van der Waals surface area (Å²) in [5.41, 5.74) is 1.57. The number of fused-ring (bicyclic) bond motifs is 1. The topological polar surface area (TPSA) is 131 Å². The van der Waals surface area contributed by atoms with Crippen LogP contribution in [-0.2, 0) is 19.7 Å². The standard InChI is InChI=1S/C20H30N6O5S/c1-13-11-26(12-14(2)31-13)32(29,30)25-8-6-24(7-9-25)15(3)19(27)21-16-4-5-17-18(10-16)23-20(28)22-17/h4-5,10,13-15H,6-9,11-12H2,1-3H3,(H,21,27)(H2,22,23,28). The van der Waals surface area contributed by atoms with Gasteiger partial charge in [-0.3, -0.25) is 9.69 Å². The van der Waals surface area contributed by atoms with Gasteiger partial charge < -0.3 is 20.0 Å². The number of hydrogen-bond acceptors (Lipinski definition) is 6. The molecule has 2 aliphatic heterocycles. The fraction of sp³-hybridized carbons (Fsp3) is 0.600. The quantitative estimate of drug-likeness (QED) is 0.575. The molecule has 3 N–H and O–H groups in total. The average Bonchev–Trinajstić information content (AvgIpc) is 3.12. The summed E-state index contributed by atoms with van der Waals surface area (Å²) in [7, 11) is -3.56. The highest BCUT2D eigenvalue weighted by Gasteiger charge is 2.37. The lowest BCUT2D eigenvalue weighted by atomic mass is 10.2. The number of benzene rings is 1. The Morgan fingerprint density at radius 3 is 2.34 bits per heavy atom. The number of rotatable bonds is 5. The number of amides is 1. The summed E-state index contributed by atoms with van der Waals surface area (Å²) < 4.78 is 34.8. The number of nitrogens with one attached hydrogen (secondary N) is 3. The molecule has 3 unspecified atom stereocenters. The second-order valence-electron chi connectivity index (χ2n) is 8.52. The van der Waals surface area contributed by atoms with E-state index in [0.717, 1.165) is 0 Å². The molecule has 4 rings (SSSR count). The molecule has 12 heteroatoms. The van der Waals surface area contributed by atoms with E-state index in [1.807, 2.05) is 25.7 Å². The lowest BCUT2D eigenvalue weighted by Gasteiger charge is -2.41. The number of aromatic nitrogens is 2. The molecule has 0 spiro atoms. The minimum absolute atomic E-state index is 0.137. The molecule has 2 fully saturated rings. The fourth-order valence-corrected chi connectivity index (χ4v) is 6.07. The summed E-state index contributed by atoms with van der Waals surface area (Å²) in [4.78, 5) is 31.5. The van der Waals surface area contributed by atoms with Crippen LogP contribution in [0.25, 0.3) is 11.0 Å². The van der Waals surface area contributed by atoms with Crippen molar-refractivity contribution in [2.75, 3.05) is 44.6 Å². The van der Waals surface area contributed by atoms with E-state index in [9.17, 15) is 18.0 Å². The number of morpholine rings is 1. The lowest BCUT2D eigenvalue weighted by molar-refractivity contribution is -0.121. The maximum atomic E-state index is 13.1. The highest BCUT2D eigenvalue weighted by Crippen LogP contribution is 2.20. The molecule has 0 aliphatic carbocycles. The molecule has 3 heterocycles. The molecule has 1 amide bonds. The Hall–Kier alpha value is -2.25. The van der Waals surface area contributed by atoms with Crippen molar-refractivity contribution < 1.29 is 17.9 Å². The third-order valence-electron chi connectivity index (χ3n) is 6.02. The first-order chi connectivity index (χ1) is 15.1. The number of aromatic amines is 2. The largest absolute Gasteiger partial charge is 0.373 e. The summed E-state index contributed by atoms with van der Waals surface area (Å²) in [6.45, 7) is 7.85. The Bertz CT molecular complexity index is 1130. The van der Waals surface area contributed by atoms with Gasteiger partial charge in [-0.2, -0.15) is 17.0 Å². The van der Waals surface area contributed by atoms with Crippen LogP contribution in [0.5, 0.6) is 0 Å². The van der Waals surface area contributed by atoms with Crippen molar-refractivity contribution in [3.63, 3.8) is 0 Å². The maximum absolute atomic E-state index is 13.1. The number of H-pyrrole nitrogens is 2. The van der Waals surface area contributed by atoms with E-state index in [4.69, 9.17) is 4.74 Å². The summed E-state index contributed by atoms with van der Waals surface area (Å²) in [6.07, 6.45) is -0.274. The Labute approximate surface area is 186 Å². The number of carbonyl (C=O) groups is 1. The van der Waals surface area contributed by atoms with Crippen LogP contribution < -0.4 is 11.0 Å². The van der Waals surface area contributed by atoms with Crippen molar-refractivity contribution in [3.05, 3.63) is 28.7 Å². The molecular formula is C20H30N6O5S. The van der Waals surface area contributed by atoms with Crippen LogP contribution in [-0.4, -0.2) is 95.3 Å². The third-order valence-corrected chi connectivity index (χ3v) is 7.99. The monoisotopic (exact) mass is 466 g/mol. The van der Waals surface area contributed by atoms with Gasteiger partial charge in [-0.1, -0.05) is 0 Å². The van der Waals surface area contributed by atoms with Crippen molar-refractivity contribution >= 4 is 32.8 Å². The number of piperazine rings is 1. The third kappa shape index (κ3) is 4.74. The molecule has 1 aromatic carbocycles. The fourth-order valence-electron chi connectivity index (χ4n) is 4.33. The van der Waals surface area contributed by atoms with Gasteiger partial charge >= 0.3 is 5.69 Å². The minimum Gasteiger partial charge on any atom is -0.373 e. The van der Waals surface area contributed by atoms with Crippen LogP contribution in [0.3, 0.4) is 0 Å². The number of carbonyl (C=O) groups excluding carboxylic acids is 1. The first-order valence-electron chi connectivity index (χ1n) is 10.8. The first kappa shape index (κ1) is 22.9. The molecule has 176 valence electrons. The zero-order chi connectivity index (χ0) is 23.0. The highest BCUT2D eigenvalue weighted by molar-refractivity contribution is 7.86. The summed E-state index contributed by atoms with van der Waals surface area (Å²) in [5.74, 6) is -0.186. The van der Waals surface area contributed by atoms with Gasteiger partial charge in [-0.25, -0.2) is 4.79 Å². The number of hydrogen-bond donors (Lipinski definition) is 3. The van der Waals surface area contributed by atoms with E-state index < -0.39 is 16.3 Å². The second-order valence-corrected chi connectivity index (χ2v) is 10.5. The average molecular weight is 467 g/mol. The number of anilines is 1. The van der Waals surface area contributed by atoms with Crippen molar-refractivity contribution in [1.82, 2.24) is 23.5 Å². The highest BCUT2D eigenvalue weighted by atomic mass is 32.2. The summed E-state index contributed by atoms with van der Waals surface area (Å²) >= 11 is 0. The minimum atomic E-state index is -3.56. The Balaban J connectivity index is 1.34. The predicted molar refractivity (Wildman–Crippen MR) is 121 cm³/mol. The van der Waals surface area contributed by atoms with Gasteiger partial charge in [0.05, 0.1) is 29.3 Å². The molecule has 0 radical (unpaired) electrons. The van der Waals surface area contributed by atoms with Crippen LogP contribution in [0.2, 0.25) is 0 Å². The van der Waals surface area contributed by atoms with Crippen molar-refractivity contribution in [2.24, 2.45) is 0 Å². The van der Waals surface area contributed by atoms with E-state index in [1.165, 1.54) is 8.61 Å². The van der Waals surface area contributed by atoms with Crippen LogP contribution in [0.1, 0.15) is 20.8 Å². The van der Waals surface area contributed by atoms with Crippen LogP contribution in [0, 0.1) is 0 Å². The molecular weight excluding hydrogens is 436 g/mol. The molecule has 32 heavy (non-hydrogen) atoms. The smallest absolute Gasteiger partial charge is 0.323 e. The van der Waals surface area contributed by atoms with Gasteiger partial charge in [0, 0.05) is 45.0 Å². The Morgan fingerprint density at radius 2 is 1.69 bits per heavy atom. The molecule has 0 bridgehead atoms. The predicted octanol–water partition coefficient (Wildman–Crippen LogP) is 0.155. The second kappa shape index (κ2) is 8.94. The van der Waals surface area contributed by atoms with Crippen molar-refractivity contribution in [3.8, 4) is 0 Å². The number of nitrogens with zero attached hydrogens (tertiary/aromatic N) is 3. The normalized spacial score (nSPS) is 25.1. The molecule has 2 saturated heterocycles. The molecule has 1 aromatic heterocycles. The van der Waals surface area contributed by atoms with Gasteiger partial charge in [0.2, 0.25) is 5.91 Å². The van der Waals surface area contributed by atoms with Gasteiger partial charge in [0.25, 0.3) is 10.2 Å². The van der Waals surface area contributed by atoms with Gasteiger partial charge in [0.15, 0.2) is 0 Å². The van der Waals surface area contributed by atoms with E-state index in [2.05, 4.69) is 15.3 Å². The van der Waals surface area contributed by atoms with E-state index in [-0.39, 0.29) is 23.8 Å². The zero-order valence-corrected chi connectivity index (χ0v) is 19.3. The molecule has 0 saturated carbocycles. The Morgan fingerprint density at radius 1 is 1.06 bits per heavy atom. The van der Waals surface area contributed by atoms with E-state index in [1.54, 1.807) is 18.2 Å². The molecule has 2 aliphatic rings. The number of imidazole rings is 1.